The van der Waals surface area contributed by atoms with Gasteiger partial charge in [-0.3, -0.25) is 4.99 Å². The standard InChI is InChI=1S/C7H11NS.C2H4/c1-3-4-5-6-8-7-9-2;1-2/h3-7H,1-2H3;1-2H2/b4-3-,6-5-,8-7?;. The molecule has 0 aliphatic carbocycles. The summed E-state index contributed by atoms with van der Waals surface area (Å²) in [6.07, 6.45) is 9.54. The third kappa shape index (κ3) is 17.6. The van der Waals surface area contributed by atoms with Crippen molar-refractivity contribution in [2.24, 2.45) is 4.99 Å². The molecule has 0 spiro atoms. The predicted molar refractivity (Wildman–Crippen MR) is 57.2 cm³/mol. The van der Waals surface area contributed by atoms with Gasteiger partial charge in [-0.15, -0.1) is 24.9 Å². The van der Waals surface area contributed by atoms with Gasteiger partial charge in [0, 0.05) is 6.20 Å². The van der Waals surface area contributed by atoms with Gasteiger partial charge in [-0.1, -0.05) is 12.2 Å². The highest BCUT2D eigenvalue weighted by Gasteiger charge is 1.60. The van der Waals surface area contributed by atoms with Crippen LogP contribution in [0.15, 0.2) is 42.6 Å². The van der Waals surface area contributed by atoms with Crippen LogP contribution >= 0.6 is 11.8 Å². The van der Waals surface area contributed by atoms with Gasteiger partial charge in [0.25, 0.3) is 0 Å². The molecular weight excluding hydrogens is 154 g/mol. The summed E-state index contributed by atoms with van der Waals surface area (Å²) in [6, 6.07) is 0. The van der Waals surface area contributed by atoms with E-state index in [1.54, 1.807) is 23.5 Å². The van der Waals surface area contributed by atoms with Gasteiger partial charge < -0.3 is 0 Å². The number of nitrogens with zero attached hydrogens (tertiary/aromatic N) is 1. The maximum atomic E-state index is 3.93. The maximum absolute atomic E-state index is 3.93. The zero-order chi connectivity index (χ0) is 8.95. The molecule has 0 aliphatic heterocycles. The summed E-state index contributed by atoms with van der Waals surface area (Å²) >= 11 is 1.59. The number of rotatable bonds is 3. The van der Waals surface area contributed by atoms with Crippen LogP contribution in [-0.4, -0.2) is 11.8 Å². The van der Waals surface area contributed by atoms with E-state index in [2.05, 4.69) is 18.2 Å². The minimum absolute atomic E-state index is 1.59. The fourth-order valence-corrected chi connectivity index (χ4v) is 0.498. The van der Waals surface area contributed by atoms with Gasteiger partial charge >= 0.3 is 0 Å². The minimum atomic E-state index is 1.59. The molecule has 11 heavy (non-hydrogen) atoms. The topological polar surface area (TPSA) is 12.4 Å². The molecule has 0 radical (unpaired) electrons. The second-order valence-electron chi connectivity index (χ2n) is 1.36. The van der Waals surface area contributed by atoms with Crippen molar-refractivity contribution >= 4 is 17.3 Å². The highest BCUT2D eigenvalue weighted by molar-refractivity contribution is 8.11. The van der Waals surface area contributed by atoms with Crippen LogP contribution in [0.4, 0.5) is 0 Å². The second-order valence-corrected chi connectivity index (χ2v) is 2.04. The average Bonchev–Trinajstić information content (AvgIpc) is 2.08. The molecule has 0 heterocycles. The Balaban J connectivity index is 0. The van der Waals surface area contributed by atoms with E-state index in [1.807, 2.05) is 31.4 Å². The molecule has 0 rings (SSSR count). The molecule has 0 aliphatic rings. The van der Waals surface area contributed by atoms with E-state index in [9.17, 15) is 0 Å². The van der Waals surface area contributed by atoms with E-state index in [4.69, 9.17) is 0 Å². The quantitative estimate of drug-likeness (QED) is 0.273. The van der Waals surface area contributed by atoms with Gasteiger partial charge in [0.1, 0.15) is 0 Å². The third-order valence-electron chi connectivity index (χ3n) is 0.642. The van der Waals surface area contributed by atoms with Gasteiger partial charge in [-0.2, -0.15) is 0 Å². The molecule has 0 fully saturated rings. The lowest BCUT2D eigenvalue weighted by atomic mass is 10.5. The van der Waals surface area contributed by atoms with E-state index in [0.717, 1.165) is 0 Å². The Morgan fingerprint density at radius 3 is 2.36 bits per heavy atom. The lowest BCUT2D eigenvalue weighted by Gasteiger charge is -1.73. The number of aliphatic imine (C=N–C) groups is 1. The smallest absolute Gasteiger partial charge is 0.0593 e. The van der Waals surface area contributed by atoms with Crippen LogP contribution in [0.25, 0.3) is 0 Å². The molecule has 0 unspecified atom stereocenters. The molecule has 0 aromatic heterocycles. The molecule has 2 heteroatoms. The minimum Gasteiger partial charge on any atom is -0.258 e. The van der Waals surface area contributed by atoms with E-state index in [1.165, 1.54) is 0 Å². The van der Waals surface area contributed by atoms with E-state index in [0.29, 0.717) is 0 Å². The number of hydrogen-bond donors (Lipinski definition) is 0. The molecule has 0 amide bonds. The molecule has 1 nitrogen and oxygen atoms in total. The first-order valence-corrected chi connectivity index (χ1v) is 4.53. The molecule has 0 N–H and O–H groups in total. The SMILES string of the molecule is C/C=C\C=C/N=CSC.C=C. The van der Waals surface area contributed by atoms with E-state index in [-0.39, 0.29) is 0 Å². The number of allylic oxidation sites excluding steroid dienone is 3. The van der Waals surface area contributed by atoms with Crippen LogP contribution in [0.3, 0.4) is 0 Å². The highest BCUT2D eigenvalue weighted by Crippen LogP contribution is 1.84. The van der Waals surface area contributed by atoms with Crippen LogP contribution in [-0.2, 0) is 0 Å². The fourth-order valence-electron chi connectivity index (χ4n) is 0.306. The molecule has 0 aromatic rings. The normalized spacial score (nSPS) is 10.7. The van der Waals surface area contributed by atoms with Crippen molar-refractivity contribution in [2.45, 2.75) is 6.92 Å². The van der Waals surface area contributed by atoms with Gasteiger partial charge in [0.15, 0.2) is 0 Å². The van der Waals surface area contributed by atoms with Crippen LogP contribution in [0.5, 0.6) is 0 Å². The van der Waals surface area contributed by atoms with Crippen molar-refractivity contribution in [1.29, 1.82) is 0 Å². The Labute approximate surface area is 73.6 Å². The fraction of sp³-hybridized carbons (Fsp3) is 0.222. The summed E-state index contributed by atoms with van der Waals surface area (Å²) in [7, 11) is 0. The first kappa shape index (κ1) is 12.9. The molecular formula is C9H15NS. The average molecular weight is 169 g/mol. The van der Waals surface area contributed by atoms with Gasteiger partial charge in [0.05, 0.1) is 5.55 Å². The molecule has 0 bridgehead atoms. The van der Waals surface area contributed by atoms with Gasteiger partial charge in [0.2, 0.25) is 0 Å². The van der Waals surface area contributed by atoms with Crippen molar-refractivity contribution < 1.29 is 0 Å². The van der Waals surface area contributed by atoms with Gasteiger partial charge in [-0.25, -0.2) is 0 Å². The van der Waals surface area contributed by atoms with Gasteiger partial charge in [-0.05, 0) is 19.3 Å². The molecule has 0 aromatic carbocycles. The Bertz CT molecular complexity index is 136. The lowest BCUT2D eigenvalue weighted by Crippen LogP contribution is -1.55. The Kier molecular flexibility index (Phi) is 18.9. The van der Waals surface area contributed by atoms with E-state index < -0.39 is 0 Å². The van der Waals surface area contributed by atoms with Crippen LogP contribution in [0.2, 0.25) is 0 Å². The van der Waals surface area contributed by atoms with Crippen molar-refractivity contribution in [3.8, 4) is 0 Å². The largest absolute Gasteiger partial charge is 0.258 e. The van der Waals surface area contributed by atoms with E-state index >= 15 is 0 Å². The molecule has 62 valence electrons. The van der Waals surface area contributed by atoms with Crippen LogP contribution < -0.4 is 0 Å². The molecule has 0 saturated heterocycles. The second kappa shape index (κ2) is 16.1. The maximum Gasteiger partial charge on any atom is 0.0593 e. The monoisotopic (exact) mass is 169 g/mol. The predicted octanol–water partition coefficient (Wildman–Crippen LogP) is 3.27. The lowest BCUT2D eigenvalue weighted by molar-refractivity contribution is 1.60. The Morgan fingerprint density at radius 2 is 1.91 bits per heavy atom. The Hall–Kier alpha value is -0.760. The number of thioether (sulfide) groups is 1. The van der Waals surface area contributed by atoms with Crippen molar-refractivity contribution in [1.82, 2.24) is 0 Å². The summed E-state index contributed by atoms with van der Waals surface area (Å²) in [6.45, 7) is 7.97. The number of hydrogen-bond acceptors (Lipinski definition) is 2. The summed E-state index contributed by atoms with van der Waals surface area (Å²) in [4.78, 5) is 3.93. The van der Waals surface area contributed by atoms with Crippen LogP contribution in [0.1, 0.15) is 6.92 Å². The zero-order valence-electron chi connectivity index (χ0n) is 7.16. The zero-order valence-corrected chi connectivity index (χ0v) is 7.97. The third-order valence-corrected chi connectivity index (χ3v) is 0.974. The van der Waals surface area contributed by atoms with Crippen LogP contribution in [0, 0.1) is 0 Å². The summed E-state index contributed by atoms with van der Waals surface area (Å²) in [5, 5.41) is 0. The van der Waals surface area contributed by atoms with Crippen molar-refractivity contribution in [2.75, 3.05) is 6.26 Å². The Morgan fingerprint density at radius 1 is 1.27 bits per heavy atom. The summed E-state index contributed by atoms with van der Waals surface area (Å²) < 4.78 is 0. The first-order chi connectivity index (χ1) is 5.41. The summed E-state index contributed by atoms with van der Waals surface area (Å²) in [5.41, 5.74) is 1.79. The molecule has 0 saturated carbocycles. The van der Waals surface area contributed by atoms with Crippen molar-refractivity contribution in [3.63, 3.8) is 0 Å². The first-order valence-electron chi connectivity index (χ1n) is 3.24. The highest BCUT2D eigenvalue weighted by atomic mass is 32.2. The van der Waals surface area contributed by atoms with Crippen molar-refractivity contribution in [3.05, 3.63) is 37.6 Å². The summed E-state index contributed by atoms with van der Waals surface area (Å²) in [5.74, 6) is 0. The molecule has 0 atom stereocenters.